The van der Waals surface area contributed by atoms with Gasteiger partial charge < -0.3 is 10.6 Å². The number of anilines is 1. The molecule has 0 saturated carbocycles. The molecule has 21 heavy (non-hydrogen) atoms. The minimum absolute atomic E-state index is 0.0524. The number of hydrogen-bond donors (Lipinski definition) is 1. The maximum atomic E-state index is 13.6. The fourth-order valence-corrected chi connectivity index (χ4v) is 2.72. The van der Waals surface area contributed by atoms with Crippen LogP contribution in [0.2, 0.25) is 0 Å². The third kappa shape index (κ3) is 2.49. The summed E-state index contributed by atoms with van der Waals surface area (Å²) in [7, 11) is 0. The van der Waals surface area contributed by atoms with Crippen molar-refractivity contribution in [2.45, 2.75) is 19.9 Å². The minimum atomic E-state index is -0.232. The molecule has 0 amide bonds. The first-order valence-corrected chi connectivity index (χ1v) is 6.98. The Hall–Kier alpha value is -2.36. The minimum Gasteiger partial charge on any atom is -0.369 e. The van der Waals surface area contributed by atoms with Crippen molar-refractivity contribution in [3.8, 4) is 0 Å². The molecule has 0 aliphatic carbocycles. The van der Waals surface area contributed by atoms with Gasteiger partial charge in [-0.25, -0.2) is 4.39 Å². The number of nitrogens with zero attached hydrogens (tertiary/aromatic N) is 2. The van der Waals surface area contributed by atoms with Gasteiger partial charge in [0.25, 0.3) is 0 Å². The molecular weight excluding hydrogens is 265 g/mol. The van der Waals surface area contributed by atoms with Crippen LogP contribution in [-0.4, -0.2) is 12.5 Å². The van der Waals surface area contributed by atoms with Crippen LogP contribution in [0.1, 0.15) is 22.7 Å². The summed E-state index contributed by atoms with van der Waals surface area (Å²) >= 11 is 0. The van der Waals surface area contributed by atoms with Crippen LogP contribution in [-0.2, 0) is 0 Å². The first-order valence-electron chi connectivity index (χ1n) is 6.98. The lowest BCUT2D eigenvalue weighted by Crippen LogP contribution is -2.36. The Balaban J connectivity index is 2.02. The number of aliphatic imine (C=N–C) groups is 1. The van der Waals surface area contributed by atoms with E-state index in [2.05, 4.69) is 4.99 Å². The van der Waals surface area contributed by atoms with Crippen molar-refractivity contribution in [3.63, 3.8) is 0 Å². The van der Waals surface area contributed by atoms with Gasteiger partial charge in [-0.05, 0) is 49.2 Å². The number of benzene rings is 2. The van der Waals surface area contributed by atoms with Crippen molar-refractivity contribution in [1.82, 2.24) is 0 Å². The fourth-order valence-electron chi connectivity index (χ4n) is 2.72. The predicted octanol–water partition coefficient (Wildman–Crippen LogP) is 3.32. The number of halogens is 1. The van der Waals surface area contributed by atoms with Crippen LogP contribution in [0.25, 0.3) is 0 Å². The second kappa shape index (κ2) is 5.20. The van der Waals surface area contributed by atoms with Crippen molar-refractivity contribution in [2.24, 2.45) is 10.7 Å². The summed E-state index contributed by atoms with van der Waals surface area (Å²) in [5, 5.41) is 0. The molecule has 1 unspecified atom stereocenters. The number of rotatable bonds is 2. The monoisotopic (exact) mass is 283 g/mol. The molecule has 0 radical (unpaired) electrons. The Morgan fingerprint density at radius 1 is 1.14 bits per heavy atom. The summed E-state index contributed by atoms with van der Waals surface area (Å²) in [6.07, 6.45) is 0. The van der Waals surface area contributed by atoms with Crippen LogP contribution in [0, 0.1) is 19.7 Å². The second-order valence-corrected chi connectivity index (χ2v) is 5.42. The second-order valence-electron chi connectivity index (χ2n) is 5.42. The average molecular weight is 283 g/mol. The van der Waals surface area contributed by atoms with Gasteiger partial charge in [-0.15, -0.1) is 0 Å². The van der Waals surface area contributed by atoms with E-state index in [1.165, 1.54) is 11.6 Å². The van der Waals surface area contributed by atoms with E-state index < -0.39 is 0 Å². The fraction of sp³-hybridized carbons (Fsp3) is 0.235. The highest BCUT2D eigenvalue weighted by atomic mass is 19.1. The van der Waals surface area contributed by atoms with Crippen LogP contribution in [0.5, 0.6) is 0 Å². The molecule has 0 spiro atoms. The summed E-state index contributed by atoms with van der Waals surface area (Å²) < 4.78 is 13.6. The average Bonchev–Trinajstić information content (AvgIpc) is 2.84. The number of hydrogen-bond acceptors (Lipinski definition) is 3. The first kappa shape index (κ1) is 13.6. The van der Waals surface area contributed by atoms with E-state index in [-0.39, 0.29) is 11.9 Å². The van der Waals surface area contributed by atoms with Crippen molar-refractivity contribution < 1.29 is 4.39 Å². The molecule has 1 aliphatic heterocycles. The molecule has 3 nitrogen and oxygen atoms in total. The largest absolute Gasteiger partial charge is 0.369 e. The summed E-state index contributed by atoms with van der Waals surface area (Å²) in [6, 6.07) is 12.9. The number of aryl methyl sites for hydroxylation is 2. The summed E-state index contributed by atoms with van der Waals surface area (Å²) in [5.41, 5.74) is 10.2. The highest BCUT2D eigenvalue weighted by Gasteiger charge is 2.30. The first-order chi connectivity index (χ1) is 10.1. The van der Waals surface area contributed by atoms with Crippen molar-refractivity contribution in [2.75, 3.05) is 11.4 Å². The highest BCUT2D eigenvalue weighted by molar-refractivity contribution is 5.97. The lowest BCUT2D eigenvalue weighted by molar-refractivity contribution is 0.620. The Labute approximate surface area is 123 Å². The summed E-state index contributed by atoms with van der Waals surface area (Å²) in [5.74, 6) is 0.248. The molecule has 0 aromatic heterocycles. The van der Waals surface area contributed by atoms with Gasteiger partial charge in [0.15, 0.2) is 5.96 Å². The lowest BCUT2D eigenvalue weighted by Gasteiger charge is -2.27. The third-order valence-electron chi connectivity index (χ3n) is 3.90. The number of guanidine groups is 1. The van der Waals surface area contributed by atoms with Gasteiger partial charge in [-0.1, -0.05) is 23.8 Å². The van der Waals surface area contributed by atoms with E-state index in [9.17, 15) is 4.39 Å². The molecular formula is C17H18FN3. The van der Waals surface area contributed by atoms with Gasteiger partial charge in [-0.2, -0.15) is 0 Å². The Morgan fingerprint density at radius 2 is 1.86 bits per heavy atom. The standard InChI is InChI=1S/C17H18FN3/c1-11-3-7-14(8-4-11)21-16(10-20-17(21)19)15-9-13(18)6-5-12(15)2/h3-9,16H,10H2,1-2H3,(H2,19,20). The Morgan fingerprint density at radius 3 is 2.57 bits per heavy atom. The van der Waals surface area contributed by atoms with Gasteiger partial charge in [-0.3, -0.25) is 4.99 Å². The van der Waals surface area contributed by atoms with E-state index in [0.717, 1.165) is 16.8 Å². The number of nitrogens with two attached hydrogens (primary N) is 1. The van der Waals surface area contributed by atoms with Crippen LogP contribution in [0.3, 0.4) is 0 Å². The van der Waals surface area contributed by atoms with Gasteiger partial charge >= 0.3 is 0 Å². The van der Waals surface area contributed by atoms with E-state index in [1.807, 2.05) is 43.0 Å². The highest BCUT2D eigenvalue weighted by Crippen LogP contribution is 2.33. The van der Waals surface area contributed by atoms with Crippen molar-refractivity contribution >= 4 is 11.6 Å². The smallest absolute Gasteiger partial charge is 0.196 e. The van der Waals surface area contributed by atoms with E-state index >= 15 is 0 Å². The molecule has 0 saturated heterocycles. The van der Waals surface area contributed by atoms with Gasteiger partial charge in [0.05, 0.1) is 12.6 Å². The molecule has 1 atom stereocenters. The predicted molar refractivity (Wildman–Crippen MR) is 84.0 cm³/mol. The van der Waals surface area contributed by atoms with Crippen LogP contribution in [0.4, 0.5) is 10.1 Å². The summed E-state index contributed by atoms with van der Waals surface area (Å²) in [6.45, 7) is 4.57. The van der Waals surface area contributed by atoms with Crippen molar-refractivity contribution in [3.05, 3.63) is 65.0 Å². The zero-order chi connectivity index (χ0) is 15.0. The molecule has 3 rings (SSSR count). The molecule has 1 heterocycles. The van der Waals surface area contributed by atoms with Gasteiger partial charge in [0.2, 0.25) is 0 Å². The molecule has 2 N–H and O–H groups in total. The SMILES string of the molecule is Cc1ccc(N2C(N)=NCC2c2cc(F)ccc2C)cc1. The molecule has 108 valence electrons. The molecule has 2 aromatic rings. The van der Waals surface area contributed by atoms with E-state index in [1.54, 1.807) is 12.1 Å². The van der Waals surface area contributed by atoms with Gasteiger partial charge in [0.1, 0.15) is 5.82 Å². The Kier molecular flexibility index (Phi) is 3.37. The molecule has 0 fully saturated rings. The van der Waals surface area contributed by atoms with Crippen molar-refractivity contribution in [1.29, 1.82) is 0 Å². The van der Waals surface area contributed by atoms with Crippen LogP contribution >= 0.6 is 0 Å². The lowest BCUT2D eigenvalue weighted by atomic mass is 10.00. The quantitative estimate of drug-likeness (QED) is 0.918. The topological polar surface area (TPSA) is 41.6 Å². The molecule has 4 heteroatoms. The maximum Gasteiger partial charge on any atom is 0.196 e. The molecule has 1 aliphatic rings. The Bertz CT molecular complexity index is 692. The zero-order valence-electron chi connectivity index (χ0n) is 12.2. The normalized spacial score (nSPS) is 18.0. The molecule has 2 aromatic carbocycles. The van der Waals surface area contributed by atoms with Gasteiger partial charge in [0, 0.05) is 5.69 Å². The van der Waals surface area contributed by atoms with E-state index in [4.69, 9.17) is 5.73 Å². The summed E-state index contributed by atoms with van der Waals surface area (Å²) in [4.78, 5) is 6.32. The van der Waals surface area contributed by atoms with Crippen LogP contribution in [0.15, 0.2) is 47.5 Å². The van der Waals surface area contributed by atoms with E-state index in [0.29, 0.717) is 12.5 Å². The maximum absolute atomic E-state index is 13.6. The third-order valence-corrected chi connectivity index (χ3v) is 3.90. The molecule has 0 bridgehead atoms. The zero-order valence-corrected chi connectivity index (χ0v) is 12.2. The van der Waals surface area contributed by atoms with Crippen LogP contribution < -0.4 is 10.6 Å².